The van der Waals surface area contributed by atoms with Gasteiger partial charge in [0.05, 0.1) is 0 Å². The average molecular weight is 167 g/mol. The highest BCUT2D eigenvalue weighted by molar-refractivity contribution is 4.89. The lowest BCUT2D eigenvalue weighted by Crippen LogP contribution is -2.45. The summed E-state index contributed by atoms with van der Waals surface area (Å²) in [4.78, 5) is 0. The number of nitrogens with one attached hydrogen (secondary N) is 1. The van der Waals surface area contributed by atoms with Crippen molar-refractivity contribution in [3.8, 4) is 0 Å². The summed E-state index contributed by atoms with van der Waals surface area (Å²) in [5.74, 6) is 0. The minimum absolute atomic E-state index is 0.727. The van der Waals surface area contributed by atoms with E-state index in [0.717, 1.165) is 11.5 Å². The summed E-state index contributed by atoms with van der Waals surface area (Å²) in [5, 5.41) is 3.64. The minimum atomic E-state index is 0.727. The van der Waals surface area contributed by atoms with E-state index in [1.165, 1.54) is 51.5 Å². The molecule has 1 saturated carbocycles. The van der Waals surface area contributed by atoms with E-state index < -0.39 is 0 Å². The van der Waals surface area contributed by atoms with E-state index in [4.69, 9.17) is 0 Å². The molecule has 0 aromatic rings. The van der Waals surface area contributed by atoms with Crippen LogP contribution in [0.2, 0.25) is 0 Å². The fraction of sp³-hybridized carbons (Fsp3) is 1.00. The van der Waals surface area contributed by atoms with Gasteiger partial charge in [-0.05, 0) is 38.0 Å². The fourth-order valence-corrected chi connectivity index (χ4v) is 2.83. The zero-order valence-corrected chi connectivity index (χ0v) is 8.23. The highest BCUT2D eigenvalue weighted by Gasteiger charge is 2.34. The quantitative estimate of drug-likeness (QED) is 0.585. The zero-order chi connectivity index (χ0) is 8.44. The Hall–Kier alpha value is -0.0400. The Balaban J connectivity index is 1.92. The van der Waals surface area contributed by atoms with E-state index in [-0.39, 0.29) is 0 Å². The van der Waals surface area contributed by atoms with Crippen LogP contribution in [0.25, 0.3) is 0 Å². The van der Waals surface area contributed by atoms with Gasteiger partial charge in [0.2, 0.25) is 0 Å². The van der Waals surface area contributed by atoms with Crippen molar-refractivity contribution in [3.05, 3.63) is 0 Å². The van der Waals surface area contributed by atoms with E-state index in [1.807, 2.05) is 0 Å². The SMILES string of the molecule is CC1CCC2(CCCCC2)CN1. The Bertz CT molecular complexity index is 137. The molecule has 1 atom stereocenters. The van der Waals surface area contributed by atoms with Gasteiger partial charge < -0.3 is 5.32 Å². The molecule has 2 rings (SSSR count). The van der Waals surface area contributed by atoms with Crippen LogP contribution >= 0.6 is 0 Å². The second kappa shape index (κ2) is 3.37. The first-order chi connectivity index (χ1) is 5.81. The topological polar surface area (TPSA) is 12.0 Å². The van der Waals surface area contributed by atoms with E-state index in [0.29, 0.717) is 0 Å². The predicted octanol–water partition coefficient (Wildman–Crippen LogP) is 2.71. The van der Waals surface area contributed by atoms with Crippen molar-refractivity contribution in [2.45, 2.75) is 57.9 Å². The normalized spacial score (nSPS) is 35.2. The molecule has 12 heavy (non-hydrogen) atoms. The maximum absolute atomic E-state index is 3.64. The first-order valence-electron chi connectivity index (χ1n) is 5.54. The maximum atomic E-state index is 3.64. The summed E-state index contributed by atoms with van der Waals surface area (Å²) in [6, 6.07) is 0.776. The number of rotatable bonds is 0. The van der Waals surface area contributed by atoms with E-state index >= 15 is 0 Å². The van der Waals surface area contributed by atoms with Gasteiger partial charge in [-0.25, -0.2) is 0 Å². The largest absolute Gasteiger partial charge is 0.314 e. The molecule has 2 fully saturated rings. The minimum Gasteiger partial charge on any atom is -0.314 e. The number of hydrogen-bond donors (Lipinski definition) is 1. The van der Waals surface area contributed by atoms with Crippen LogP contribution in [-0.2, 0) is 0 Å². The third-order valence-electron chi connectivity index (χ3n) is 3.85. The van der Waals surface area contributed by atoms with E-state index in [9.17, 15) is 0 Å². The molecule has 1 nitrogen and oxygen atoms in total. The van der Waals surface area contributed by atoms with Crippen molar-refractivity contribution < 1.29 is 0 Å². The van der Waals surface area contributed by atoms with Crippen molar-refractivity contribution in [3.63, 3.8) is 0 Å². The van der Waals surface area contributed by atoms with Gasteiger partial charge in [-0.1, -0.05) is 19.3 Å². The molecule has 1 heterocycles. The first kappa shape index (κ1) is 8.55. The average Bonchev–Trinajstić information content (AvgIpc) is 2.13. The zero-order valence-electron chi connectivity index (χ0n) is 8.23. The van der Waals surface area contributed by atoms with Crippen LogP contribution in [-0.4, -0.2) is 12.6 Å². The molecule has 1 aliphatic carbocycles. The van der Waals surface area contributed by atoms with E-state index in [2.05, 4.69) is 12.2 Å². The lowest BCUT2D eigenvalue weighted by atomic mass is 9.69. The Morgan fingerprint density at radius 3 is 2.42 bits per heavy atom. The molecule has 0 amide bonds. The summed E-state index contributed by atoms with van der Waals surface area (Å²) >= 11 is 0. The van der Waals surface area contributed by atoms with Crippen LogP contribution in [0.15, 0.2) is 0 Å². The lowest BCUT2D eigenvalue weighted by molar-refractivity contribution is 0.123. The monoisotopic (exact) mass is 167 g/mol. The second-order valence-corrected chi connectivity index (χ2v) is 4.88. The molecule has 1 spiro atoms. The predicted molar refractivity (Wildman–Crippen MR) is 52.2 cm³/mol. The standard InChI is InChI=1S/C11H21N/c1-10-5-8-11(9-12-10)6-3-2-4-7-11/h10,12H,2-9H2,1H3. The van der Waals surface area contributed by atoms with E-state index in [1.54, 1.807) is 0 Å². The number of piperidine rings is 1. The smallest absolute Gasteiger partial charge is 0.00391 e. The van der Waals surface area contributed by atoms with Crippen LogP contribution in [0.5, 0.6) is 0 Å². The van der Waals surface area contributed by atoms with Gasteiger partial charge in [0, 0.05) is 12.6 Å². The van der Waals surface area contributed by atoms with Gasteiger partial charge in [0.1, 0.15) is 0 Å². The molecular weight excluding hydrogens is 146 g/mol. The Kier molecular flexibility index (Phi) is 2.40. The lowest BCUT2D eigenvalue weighted by Gasteiger charge is -2.42. The Labute approximate surface area is 75.9 Å². The number of hydrogen-bond acceptors (Lipinski definition) is 1. The molecule has 1 aliphatic heterocycles. The van der Waals surface area contributed by atoms with Gasteiger partial charge in [0.25, 0.3) is 0 Å². The molecule has 1 saturated heterocycles. The van der Waals surface area contributed by atoms with Crippen molar-refractivity contribution >= 4 is 0 Å². The highest BCUT2D eigenvalue weighted by Crippen LogP contribution is 2.41. The van der Waals surface area contributed by atoms with Crippen molar-refractivity contribution in [1.82, 2.24) is 5.32 Å². The Morgan fingerprint density at radius 1 is 1.08 bits per heavy atom. The summed E-state index contributed by atoms with van der Waals surface area (Å²) in [7, 11) is 0. The molecule has 2 aliphatic rings. The van der Waals surface area contributed by atoms with Gasteiger partial charge >= 0.3 is 0 Å². The van der Waals surface area contributed by atoms with Crippen LogP contribution in [0.3, 0.4) is 0 Å². The van der Waals surface area contributed by atoms with Crippen LogP contribution < -0.4 is 5.32 Å². The van der Waals surface area contributed by atoms with Crippen molar-refractivity contribution in [2.75, 3.05) is 6.54 Å². The maximum Gasteiger partial charge on any atom is 0.00391 e. The molecule has 1 heteroatoms. The van der Waals surface area contributed by atoms with Gasteiger partial charge in [0.15, 0.2) is 0 Å². The highest BCUT2D eigenvalue weighted by atomic mass is 14.9. The summed E-state index contributed by atoms with van der Waals surface area (Å²) in [6.07, 6.45) is 10.3. The summed E-state index contributed by atoms with van der Waals surface area (Å²) < 4.78 is 0. The Morgan fingerprint density at radius 2 is 1.83 bits per heavy atom. The van der Waals surface area contributed by atoms with Crippen molar-refractivity contribution in [1.29, 1.82) is 0 Å². The van der Waals surface area contributed by atoms with Crippen molar-refractivity contribution in [2.24, 2.45) is 5.41 Å². The summed E-state index contributed by atoms with van der Waals surface area (Å²) in [5.41, 5.74) is 0.727. The van der Waals surface area contributed by atoms with Crippen LogP contribution in [0, 0.1) is 5.41 Å². The molecule has 0 radical (unpaired) electrons. The second-order valence-electron chi connectivity index (χ2n) is 4.88. The fourth-order valence-electron chi connectivity index (χ4n) is 2.83. The van der Waals surface area contributed by atoms with Crippen LogP contribution in [0.1, 0.15) is 51.9 Å². The third kappa shape index (κ3) is 1.66. The molecule has 1 unspecified atom stereocenters. The third-order valence-corrected chi connectivity index (χ3v) is 3.85. The molecule has 0 bridgehead atoms. The van der Waals surface area contributed by atoms with Gasteiger partial charge in [-0.3, -0.25) is 0 Å². The molecular formula is C11H21N. The summed E-state index contributed by atoms with van der Waals surface area (Å²) in [6.45, 7) is 3.61. The van der Waals surface area contributed by atoms with Crippen LogP contribution in [0.4, 0.5) is 0 Å². The molecule has 1 N–H and O–H groups in total. The molecule has 0 aromatic carbocycles. The molecule has 0 aromatic heterocycles. The molecule has 70 valence electrons. The first-order valence-corrected chi connectivity index (χ1v) is 5.54. The van der Waals surface area contributed by atoms with Gasteiger partial charge in [-0.15, -0.1) is 0 Å². The van der Waals surface area contributed by atoms with Gasteiger partial charge in [-0.2, -0.15) is 0 Å².